The lowest BCUT2D eigenvalue weighted by Gasteiger charge is -2.21. The van der Waals surface area contributed by atoms with E-state index in [-0.39, 0.29) is 25.7 Å². The summed E-state index contributed by atoms with van der Waals surface area (Å²) in [5, 5.41) is 10.5. The third kappa shape index (κ3) is 60.7. The first-order valence-electron chi connectivity index (χ1n) is 34.6. The van der Waals surface area contributed by atoms with Crippen molar-refractivity contribution >= 4 is 39.5 Å². The zero-order valence-corrected chi connectivity index (χ0v) is 56.5. The molecule has 0 aromatic heterocycles. The van der Waals surface area contributed by atoms with E-state index < -0.39 is 97.5 Å². The number of aliphatic hydroxyl groups is 1. The zero-order chi connectivity index (χ0) is 62.8. The van der Waals surface area contributed by atoms with E-state index in [1.165, 1.54) is 154 Å². The maximum absolute atomic E-state index is 13.0. The van der Waals surface area contributed by atoms with Gasteiger partial charge in [-0.15, -0.1) is 0 Å². The lowest BCUT2D eigenvalue weighted by atomic mass is 10.0. The number of carbonyl (C=O) groups is 4. The van der Waals surface area contributed by atoms with Crippen molar-refractivity contribution in [3.63, 3.8) is 0 Å². The van der Waals surface area contributed by atoms with Crippen LogP contribution in [0.4, 0.5) is 0 Å². The van der Waals surface area contributed by atoms with Crippen molar-refractivity contribution in [3.8, 4) is 0 Å². The molecule has 17 nitrogen and oxygen atoms in total. The number of hydrogen-bond donors (Lipinski definition) is 3. The summed E-state index contributed by atoms with van der Waals surface area (Å²) in [5.74, 6) is -1.34. The van der Waals surface area contributed by atoms with Gasteiger partial charge < -0.3 is 33.8 Å². The fraction of sp³-hybridized carbons (Fsp3) is 0.939. The molecule has 0 aliphatic rings. The average molecular weight is 1260 g/mol. The van der Waals surface area contributed by atoms with E-state index in [1.54, 1.807) is 0 Å². The zero-order valence-electron chi connectivity index (χ0n) is 54.7. The minimum Gasteiger partial charge on any atom is -0.462 e. The van der Waals surface area contributed by atoms with Gasteiger partial charge in [0.25, 0.3) is 0 Å². The highest BCUT2D eigenvalue weighted by Gasteiger charge is 2.30. The Morgan fingerprint density at radius 2 is 0.541 bits per heavy atom. The van der Waals surface area contributed by atoms with Gasteiger partial charge in [-0.1, -0.05) is 285 Å². The third-order valence-electron chi connectivity index (χ3n) is 15.3. The van der Waals surface area contributed by atoms with Gasteiger partial charge in [-0.3, -0.25) is 37.3 Å². The van der Waals surface area contributed by atoms with E-state index in [1.807, 2.05) is 0 Å². The Hall–Kier alpha value is -1.94. The van der Waals surface area contributed by atoms with Crippen LogP contribution in [0, 0.1) is 5.92 Å². The molecule has 0 saturated heterocycles. The lowest BCUT2D eigenvalue weighted by Crippen LogP contribution is -2.30. The van der Waals surface area contributed by atoms with Gasteiger partial charge in [-0.05, 0) is 31.6 Å². The minimum absolute atomic E-state index is 0.106. The van der Waals surface area contributed by atoms with Crippen molar-refractivity contribution in [2.75, 3.05) is 39.6 Å². The van der Waals surface area contributed by atoms with Gasteiger partial charge in [-0.25, -0.2) is 9.13 Å². The van der Waals surface area contributed by atoms with Crippen LogP contribution in [0.15, 0.2) is 0 Å². The van der Waals surface area contributed by atoms with E-state index >= 15 is 0 Å². The van der Waals surface area contributed by atoms with Gasteiger partial charge in [0, 0.05) is 25.7 Å². The molecule has 504 valence electrons. The molecule has 85 heavy (non-hydrogen) atoms. The number of ether oxygens (including phenoxy) is 4. The summed E-state index contributed by atoms with van der Waals surface area (Å²) in [5.41, 5.74) is 0. The predicted octanol–water partition coefficient (Wildman–Crippen LogP) is 18.6. The van der Waals surface area contributed by atoms with Gasteiger partial charge in [0.2, 0.25) is 0 Å². The van der Waals surface area contributed by atoms with Crippen LogP contribution in [0.3, 0.4) is 0 Å². The van der Waals surface area contributed by atoms with Gasteiger partial charge in [0.1, 0.15) is 19.3 Å². The molecule has 0 aliphatic carbocycles. The van der Waals surface area contributed by atoms with E-state index in [2.05, 4.69) is 34.6 Å². The first kappa shape index (κ1) is 83.1. The Kier molecular flexibility index (Phi) is 58.3. The second-order valence-corrected chi connectivity index (χ2v) is 27.2. The molecule has 0 fully saturated rings. The number of phosphoric ester groups is 2. The number of esters is 4. The van der Waals surface area contributed by atoms with Gasteiger partial charge in [0.15, 0.2) is 12.2 Å². The molecule has 5 atom stereocenters. The summed E-state index contributed by atoms with van der Waals surface area (Å²) in [6, 6.07) is 0. The maximum Gasteiger partial charge on any atom is 0.472 e. The largest absolute Gasteiger partial charge is 0.472 e. The molecule has 0 aromatic carbocycles. The van der Waals surface area contributed by atoms with Crippen LogP contribution in [-0.4, -0.2) is 96.7 Å². The second-order valence-electron chi connectivity index (χ2n) is 24.3. The summed E-state index contributed by atoms with van der Waals surface area (Å²) in [4.78, 5) is 72.0. The molecule has 0 aromatic rings. The van der Waals surface area contributed by atoms with E-state index in [0.717, 1.165) is 102 Å². The summed E-state index contributed by atoms with van der Waals surface area (Å²) in [7, 11) is -9.88. The standard InChI is InChI=1S/C66H128O17P2/c1-6-9-12-15-17-19-26-31-35-40-45-50-64(69)77-56-62(83-66(71)52-47-42-37-33-29-25-23-21-22-24-28-30-34-39-43-48-59(4)5)58-81-85(74,75)79-54-60(67)53-78-84(72,73)80-57-61(55-76-63(68)49-44-38-14-11-8-3)82-65(70)51-46-41-36-32-27-20-18-16-13-10-7-2/h59-62,67H,6-58H2,1-5H3,(H,72,73)(H,74,75)/t60-,61+,62+/m0/s1. The number of aliphatic hydroxyl groups excluding tert-OH is 1. The van der Waals surface area contributed by atoms with Crippen molar-refractivity contribution in [3.05, 3.63) is 0 Å². The monoisotopic (exact) mass is 1250 g/mol. The molecule has 0 amide bonds. The number of phosphoric acid groups is 2. The molecular weight excluding hydrogens is 1130 g/mol. The first-order chi connectivity index (χ1) is 41.0. The summed E-state index contributed by atoms with van der Waals surface area (Å²) >= 11 is 0. The Morgan fingerprint density at radius 3 is 0.800 bits per heavy atom. The number of hydrogen-bond acceptors (Lipinski definition) is 15. The van der Waals surface area contributed by atoms with Gasteiger partial charge in [0.05, 0.1) is 26.4 Å². The highest BCUT2D eigenvalue weighted by molar-refractivity contribution is 7.47. The molecule has 19 heteroatoms. The molecule has 2 unspecified atom stereocenters. The highest BCUT2D eigenvalue weighted by atomic mass is 31.2. The van der Waals surface area contributed by atoms with Crippen molar-refractivity contribution in [1.82, 2.24) is 0 Å². The van der Waals surface area contributed by atoms with E-state index in [4.69, 9.17) is 37.0 Å². The van der Waals surface area contributed by atoms with Gasteiger partial charge in [-0.2, -0.15) is 0 Å². The quantitative estimate of drug-likeness (QED) is 0.0222. The van der Waals surface area contributed by atoms with Gasteiger partial charge >= 0.3 is 39.5 Å². The molecule has 0 aliphatic heterocycles. The Balaban J connectivity index is 5.13. The molecular formula is C66H128O17P2. The maximum atomic E-state index is 13.0. The van der Waals surface area contributed by atoms with E-state index in [0.29, 0.717) is 25.7 Å². The fourth-order valence-electron chi connectivity index (χ4n) is 9.94. The summed E-state index contributed by atoms with van der Waals surface area (Å²) in [6.45, 7) is 7.15. The Labute approximate surface area is 517 Å². The second kappa shape index (κ2) is 59.7. The topological polar surface area (TPSA) is 237 Å². The van der Waals surface area contributed by atoms with Crippen LogP contribution in [0.1, 0.15) is 336 Å². The van der Waals surface area contributed by atoms with E-state index in [9.17, 15) is 43.2 Å². The molecule has 0 saturated carbocycles. The third-order valence-corrected chi connectivity index (χ3v) is 17.2. The smallest absolute Gasteiger partial charge is 0.462 e. The normalized spacial score (nSPS) is 14.2. The highest BCUT2D eigenvalue weighted by Crippen LogP contribution is 2.45. The molecule has 0 radical (unpaired) electrons. The van der Waals surface area contributed by atoms with Crippen LogP contribution >= 0.6 is 15.6 Å². The van der Waals surface area contributed by atoms with Crippen molar-refractivity contribution in [2.24, 2.45) is 5.92 Å². The predicted molar refractivity (Wildman–Crippen MR) is 340 cm³/mol. The molecule has 0 heterocycles. The SMILES string of the molecule is CCCCCCCCCCCCCC(=O)OC[C@H](COP(=O)(O)OC[C@@H](O)COP(=O)(O)OC[C@@H](COC(=O)CCCCCCC)OC(=O)CCCCCCCCCCCCC)OC(=O)CCCCCCCCCCCCCCCCCC(C)C. The summed E-state index contributed by atoms with van der Waals surface area (Å²) in [6.07, 6.45) is 44.7. The average Bonchev–Trinajstić information content (AvgIpc) is 3.47. The summed E-state index contributed by atoms with van der Waals surface area (Å²) < 4.78 is 67.9. The number of rotatable bonds is 66. The molecule has 0 rings (SSSR count). The Morgan fingerprint density at radius 1 is 0.318 bits per heavy atom. The van der Waals surface area contributed by atoms with Crippen LogP contribution in [0.25, 0.3) is 0 Å². The van der Waals surface area contributed by atoms with Crippen molar-refractivity contribution in [1.29, 1.82) is 0 Å². The first-order valence-corrected chi connectivity index (χ1v) is 37.6. The van der Waals surface area contributed by atoms with Crippen molar-refractivity contribution < 1.29 is 80.2 Å². The molecule has 3 N–H and O–H groups in total. The van der Waals surface area contributed by atoms with Crippen LogP contribution in [-0.2, 0) is 65.4 Å². The van der Waals surface area contributed by atoms with Crippen LogP contribution in [0.5, 0.6) is 0 Å². The van der Waals surface area contributed by atoms with Crippen LogP contribution < -0.4 is 0 Å². The minimum atomic E-state index is -4.94. The van der Waals surface area contributed by atoms with Crippen LogP contribution in [0.2, 0.25) is 0 Å². The number of carbonyl (C=O) groups excluding carboxylic acids is 4. The molecule has 0 spiro atoms. The fourth-order valence-corrected chi connectivity index (χ4v) is 11.5. The number of unbranched alkanes of at least 4 members (excludes halogenated alkanes) is 38. The lowest BCUT2D eigenvalue weighted by molar-refractivity contribution is -0.161. The molecule has 0 bridgehead atoms. The Bertz CT molecular complexity index is 1650. The van der Waals surface area contributed by atoms with Crippen molar-refractivity contribution in [2.45, 2.75) is 355 Å².